The topological polar surface area (TPSA) is 29.4 Å². The molecule has 0 aromatic rings. The minimum atomic E-state index is -8.70. The Labute approximate surface area is 134 Å². The lowest BCUT2D eigenvalue weighted by atomic mass is 9.90. The second-order valence-electron chi connectivity index (χ2n) is 4.58. The Kier molecular flexibility index (Phi) is 5.60. The second kappa shape index (κ2) is 5.95. The normalized spacial score (nSPS) is 16.5. The van der Waals surface area contributed by atoms with Crippen LogP contribution in [-0.2, 0) is 0 Å². The number of halogens is 17. The molecule has 0 heterocycles. The van der Waals surface area contributed by atoms with Gasteiger partial charge in [-0.2, -0.15) is 74.6 Å². The fourth-order valence-corrected chi connectivity index (χ4v) is 1.21. The molecule has 0 aliphatic carbocycles. The van der Waals surface area contributed by atoms with Crippen molar-refractivity contribution >= 4 is 0 Å². The molecule has 0 atom stereocenters. The molecule has 0 radical (unpaired) electrons. The molecule has 0 spiro atoms. The average molecular weight is 449 g/mol. The van der Waals surface area contributed by atoms with E-state index in [2.05, 4.69) is 0 Å². The second-order valence-corrected chi connectivity index (χ2v) is 4.58. The Morgan fingerprint density at radius 1 is 0.370 bits per heavy atom. The van der Waals surface area contributed by atoms with Gasteiger partial charge in [-0.05, 0) is 0 Å². The molecule has 27 heavy (non-hydrogen) atoms. The van der Waals surface area contributed by atoms with Crippen LogP contribution in [0, 0.1) is 4.91 Å². The number of rotatable bonds is 7. The third-order valence-corrected chi connectivity index (χ3v) is 2.82. The summed E-state index contributed by atoms with van der Waals surface area (Å²) < 4.78 is 212. The van der Waals surface area contributed by atoms with E-state index in [4.69, 9.17) is 0 Å². The van der Waals surface area contributed by atoms with Crippen LogP contribution in [0.1, 0.15) is 0 Å². The van der Waals surface area contributed by atoms with Gasteiger partial charge in [0.05, 0.1) is 0 Å². The fourth-order valence-electron chi connectivity index (χ4n) is 1.21. The predicted molar refractivity (Wildman–Crippen MR) is 46.5 cm³/mol. The maximum Gasteiger partial charge on any atom is 0.460 e. The van der Waals surface area contributed by atoms with Gasteiger partial charge in [0.15, 0.2) is 0 Å². The largest absolute Gasteiger partial charge is 0.460 e. The predicted octanol–water partition coefficient (Wildman–Crippen LogP) is 5.72. The van der Waals surface area contributed by atoms with E-state index in [9.17, 15) is 79.5 Å². The Bertz CT molecular complexity index is 574. The number of hydrogen-bond donors (Lipinski definition) is 0. The molecule has 0 rings (SSSR count). The van der Waals surface area contributed by atoms with Gasteiger partial charge in [0.25, 0.3) is 0 Å². The van der Waals surface area contributed by atoms with Crippen LogP contribution in [0.15, 0.2) is 5.18 Å². The van der Waals surface area contributed by atoms with E-state index in [-0.39, 0.29) is 5.18 Å². The third kappa shape index (κ3) is 2.95. The van der Waals surface area contributed by atoms with Crippen LogP contribution < -0.4 is 0 Å². The number of hydrogen-bond acceptors (Lipinski definition) is 2. The molecule has 0 aromatic heterocycles. The average Bonchev–Trinajstić information content (AvgIpc) is 2.44. The number of nitrogens with zero attached hydrogens (tertiary/aromatic N) is 1. The zero-order valence-corrected chi connectivity index (χ0v) is 11.3. The van der Waals surface area contributed by atoms with E-state index in [1.807, 2.05) is 0 Å². The molecular formula is C8F17NO. The molecule has 0 aliphatic heterocycles. The van der Waals surface area contributed by atoms with Crippen LogP contribution >= 0.6 is 0 Å². The van der Waals surface area contributed by atoms with E-state index in [0.717, 1.165) is 0 Å². The van der Waals surface area contributed by atoms with Gasteiger partial charge < -0.3 is 0 Å². The van der Waals surface area contributed by atoms with Gasteiger partial charge in [-0.1, -0.05) is 0 Å². The van der Waals surface area contributed by atoms with Crippen molar-refractivity contribution in [1.29, 1.82) is 0 Å². The first-order chi connectivity index (χ1) is 11.3. The molecule has 0 aromatic carbocycles. The quantitative estimate of drug-likeness (QED) is 0.278. The molecule has 0 amide bonds. The van der Waals surface area contributed by atoms with E-state index in [1.54, 1.807) is 0 Å². The molecule has 162 valence electrons. The maximum atomic E-state index is 12.9. The van der Waals surface area contributed by atoms with E-state index < -0.39 is 47.8 Å². The van der Waals surface area contributed by atoms with Gasteiger partial charge in [0.1, 0.15) is 0 Å². The maximum absolute atomic E-state index is 12.9. The Balaban J connectivity index is 6.69. The highest BCUT2D eigenvalue weighted by molar-refractivity contribution is 5.14. The van der Waals surface area contributed by atoms with Gasteiger partial charge in [-0.25, -0.2) is 0 Å². The van der Waals surface area contributed by atoms with Gasteiger partial charge in [-0.3, -0.25) is 0 Å². The summed E-state index contributed by atoms with van der Waals surface area (Å²) in [6.07, 6.45) is -7.80. The van der Waals surface area contributed by atoms with Crippen molar-refractivity contribution < 1.29 is 74.6 Å². The molecular weight excluding hydrogens is 449 g/mol. The molecule has 0 bridgehead atoms. The number of nitroso groups, excluding NO2 is 1. The lowest BCUT2D eigenvalue weighted by Crippen LogP contribution is -2.74. The van der Waals surface area contributed by atoms with E-state index >= 15 is 0 Å². The van der Waals surface area contributed by atoms with Gasteiger partial charge in [-0.15, -0.1) is 4.91 Å². The molecule has 0 N–H and O–H groups in total. The van der Waals surface area contributed by atoms with E-state index in [0.29, 0.717) is 0 Å². The lowest BCUT2D eigenvalue weighted by molar-refractivity contribution is -0.461. The van der Waals surface area contributed by atoms with Crippen molar-refractivity contribution in [3.05, 3.63) is 4.91 Å². The molecule has 0 fully saturated rings. The first-order valence-corrected chi connectivity index (χ1v) is 5.37. The highest BCUT2D eigenvalue weighted by atomic mass is 19.4. The van der Waals surface area contributed by atoms with Crippen LogP contribution in [-0.4, -0.2) is 47.8 Å². The summed E-state index contributed by atoms with van der Waals surface area (Å²) in [5, 5.41) is -0.103. The summed E-state index contributed by atoms with van der Waals surface area (Å²) in [5.41, 5.74) is 0. The summed E-state index contributed by atoms with van der Waals surface area (Å²) >= 11 is 0. The van der Waals surface area contributed by atoms with Gasteiger partial charge >= 0.3 is 47.8 Å². The summed E-state index contributed by atoms with van der Waals surface area (Å²) in [6, 6.07) is -7.20. The molecule has 0 aliphatic rings. The van der Waals surface area contributed by atoms with Crippen LogP contribution in [0.2, 0.25) is 0 Å². The van der Waals surface area contributed by atoms with Crippen molar-refractivity contribution in [3.8, 4) is 0 Å². The minimum Gasteiger partial charge on any atom is -0.192 e. The number of alkyl halides is 17. The first-order valence-electron chi connectivity index (χ1n) is 5.37. The van der Waals surface area contributed by atoms with Crippen LogP contribution in [0.5, 0.6) is 0 Å². The lowest BCUT2D eigenvalue weighted by Gasteiger charge is -2.41. The minimum absolute atomic E-state index is 0.103. The smallest absolute Gasteiger partial charge is 0.192 e. The van der Waals surface area contributed by atoms with Crippen LogP contribution in [0.3, 0.4) is 0 Å². The summed E-state index contributed by atoms with van der Waals surface area (Å²) in [5.74, 6) is -50.7. The standard InChI is InChI=1S/C8F17NO/c9-1(10,3(13,14)5(17,18)7(21,22)23)2(11,12)4(15,16)6(19,20)8(24,25)26-27. The highest BCUT2D eigenvalue weighted by Crippen LogP contribution is 2.63. The SMILES string of the molecule is O=NC(F)(F)C(F)(F)C(F)(F)C(F)(F)C(F)(F)C(F)(F)C(F)(F)C(F)(F)F. The van der Waals surface area contributed by atoms with E-state index in [1.165, 1.54) is 0 Å². The zero-order chi connectivity index (χ0) is 22.7. The monoisotopic (exact) mass is 449 g/mol. The zero-order valence-electron chi connectivity index (χ0n) is 11.3. The van der Waals surface area contributed by atoms with Crippen molar-refractivity contribution in [3.63, 3.8) is 0 Å². The Morgan fingerprint density at radius 2 is 0.593 bits per heavy atom. The molecule has 2 nitrogen and oxygen atoms in total. The third-order valence-electron chi connectivity index (χ3n) is 2.82. The van der Waals surface area contributed by atoms with Gasteiger partial charge in [0.2, 0.25) is 0 Å². The first kappa shape index (κ1) is 25.4. The molecule has 19 heteroatoms. The van der Waals surface area contributed by atoms with Crippen LogP contribution in [0.4, 0.5) is 74.6 Å². The van der Waals surface area contributed by atoms with Crippen molar-refractivity contribution in [2.24, 2.45) is 5.18 Å². The highest BCUT2D eigenvalue weighted by Gasteiger charge is 2.95. The van der Waals surface area contributed by atoms with Crippen molar-refractivity contribution in [2.75, 3.05) is 0 Å². The Morgan fingerprint density at radius 3 is 0.815 bits per heavy atom. The molecule has 0 saturated heterocycles. The molecule has 0 unspecified atom stereocenters. The van der Waals surface area contributed by atoms with Crippen LogP contribution in [0.25, 0.3) is 0 Å². The van der Waals surface area contributed by atoms with Crippen molar-refractivity contribution in [1.82, 2.24) is 0 Å². The summed E-state index contributed by atoms with van der Waals surface area (Å²) in [7, 11) is 0. The summed E-state index contributed by atoms with van der Waals surface area (Å²) in [4.78, 5) is 9.32. The van der Waals surface area contributed by atoms with Gasteiger partial charge in [0, 0.05) is 5.18 Å². The fraction of sp³-hybridized carbons (Fsp3) is 1.00. The molecule has 0 saturated carbocycles. The Hall–Kier alpha value is -1.59. The van der Waals surface area contributed by atoms with Crippen molar-refractivity contribution in [2.45, 2.75) is 47.8 Å². The summed E-state index contributed by atoms with van der Waals surface area (Å²) in [6.45, 7) is 0.